The number of rotatable bonds is 2. The molecule has 0 saturated heterocycles. The smallest absolute Gasteiger partial charge is 0.140 e. The van der Waals surface area contributed by atoms with E-state index in [4.69, 9.17) is 5.73 Å². The van der Waals surface area contributed by atoms with Gasteiger partial charge in [-0.05, 0) is 30.7 Å². The van der Waals surface area contributed by atoms with Crippen LogP contribution in [0.2, 0.25) is 0 Å². The molecule has 3 N–H and O–H groups in total. The average Bonchev–Trinajstić information content (AvgIpc) is 2.83. The summed E-state index contributed by atoms with van der Waals surface area (Å²) in [6.45, 7) is 2.46. The van der Waals surface area contributed by atoms with Crippen molar-refractivity contribution in [2.75, 3.05) is 0 Å². The number of pyridine rings is 1. The van der Waals surface area contributed by atoms with E-state index in [2.05, 4.69) is 15.0 Å². The summed E-state index contributed by atoms with van der Waals surface area (Å²) < 4.78 is 0. The lowest BCUT2D eigenvalue weighted by Crippen LogP contribution is -1.96. The molecule has 0 radical (unpaired) electrons. The van der Waals surface area contributed by atoms with E-state index in [1.54, 1.807) is 0 Å². The number of fused-ring (bicyclic) bond motifs is 1. The summed E-state index contributed by atoms with van der Waals surface area (Å²) in [7, 11) is 0. The fourth-order valence-electron chi connectivity index (χ4n) is 2.00. The van der Waals surface area contributed by atoms with Gasteiger partial charge in [-0.2, -0.15) is 0 Å². The number of nitrogens with zero attached hydrogens (tertiary/aromatic N) is 2. The number of aryl methyl sites for hydroxylation is 1. The molecular weight excluding hydrogens is 224 g/mol. The second-order valence-corrected chi connectivity index (χ2v) is 4.29. The predicted octanol–water partition coefficient (Wildman–Crippen LogP) is 2.39. The normalized spacial score (nSPS) is 11.0. The molecule has 0 fully saturated rings. The van der Waals surface area contributed by atoms with Gasteiger partial charge in [-0.3, -0.25) is 4.98 Å². The lowest BCUT2D eigenvalue weighted by molar-refractivity contribution is 1.08. The van der Waals surface area contributed by atoms with E-state index in [1.165, 1.54) is 0 Å². The maximum atomic E-state index is 5.72. The van der Waals surface area contributed by atoms with E-state index < -0.39 is 0 Å². The molecule has 2 heterocycles. The zero-order chi connectivity index (χ0) is 12.5. The van der Waals surface area contributed by atoms with E-state index >= 15 is 0 Å². The van der Waals surface area contributed by atoms with Gasteiger partial charge in [-0.1, -0.05) is 12.1 Å². The topological polar surface area (TPSA) is 67.6 Å². The van der Waals surface area contributed by atoms with Gasteiger partial charge in [0.25, 0.3) is 0 Å². The van der Waals surface area contributed by atoms with Crippen molar-refractivity contribution in [3.8, 4) is 11.4 Å². The molecule has 0 bridgehead atoms. The molecule has 0 aliphatic rings. The zero-order valence-electron chi connectivity index (χ0n) is 10.1. The molecule has 18 heavy (non-hydrogen) atoms. The van der Waals surface area contributed by atoms with Crippen molar-refractivity contribution >= 4 is 11.0 Å². The number of benzene rings is 1. The first-order valence-corrected chi connectivity index (χ1v) is 5.88. The summed E-state index contributed by atoms with van der Waals surface area (Å²) >= 11 is 0. The largest absolute Gasteiger partial charge is 0.338 e. The van der Waals surface area contributed by atoms with Crippen molar-refractivity contribution in [1.82, 2.24) is 15.0 Å². The van der Waals surface area contributed by atoms with Gasteiger partial charge in [0.15, 0.2) is 0 Å². The first kappa shape index (κ1) is 10.9. The minimum absolute atomic E-state index is 0.494. The Labute approximate surface area is 105 Å². The highest BCUT2D eigenvalue weighted by Gasteiger charge is 2.07. The SMILES string of the molecule is Cc1ccc(-c2nc3c(CN)cccc3[nH]2)cn1. The Hall–Kier alpha value is -2.20. The standard InChI is InChI=1S/C14H14N4/c1-9-5-6-11(8-16-9)14-17-12-4-2-3-10(7-15)13(12)18-14/h2-6,8H,7,15H2,1H3,(H,17,18). The highest BCUT2D eigenvalue weighted by atomic mass is 14.9. The van der Waals surface area contributed by atoms with Gasteiger partial charge in [0.05, 0.1) is 11.0 Å². The Morgan fingerprint density at radius 1 is 1.22 bits per heavy atom. The summed E-state index contributed by atoms with van der Waals surface area (Å²) in [5.74, 6) is 0.832. The minimum Gasteiger partial charge on any atom is -0.338 e. The van der Waals surface area contributed by atoms with Crippen LogP contribution in [0.3, 0.4) is 0 Å². The van der Waals surface area contributed by atoms with Crippen LogP contribution < -0.4 is 5.73 Å². The van der Waals surface area contributed by atoms with Crippen molar-refractivity contribution < 1.29 is 0 Å². The van der Waals surface area contributed by atoms with E-state index in [9.17, 15) is 0 Å². The second kappa shape index (κ2) is 4.23. The van der Waals surface area contributed by atoms with Gasteiger partial charge in [0.1, 0.15) is 5.82 Å². The molecule has 4 heteroatoms. The highest BCUT2D eigenvalue weighted by molar-refractivity contribution is 5.82. The molecule has 0 unspecified atom stereocenters. The zero-order valence-corrected chi connectivity index (χ0v) is 10.1. The Balaban J connectivity index is 2.16. The third-order valence-electron chi connectivity index (χ3n) is 3.00. The molecule has 0 spiro atoms. The molecule has 4 nitrogen and oxygen atoms in total. The van der Waals surface area contributed by atoms with Gasteiger partial charge < -0.3 is 10.7 Å². The number of aromatic amines is 1. The van der Waals surface area contributed by atoms with Gasteiger partial charge in [-0.25, -0.2) is 4.98 Å². The monoisotopic (exact) mass is 238 g/mol. The Kier molecular flexibility index (Phi) is 2.57. The lowest BCUT2D eigenvalue weighted by Gasteiger charge is -1.96. The van der Waals surface area contributed by atoms with Crippen LogP contribution in [0, 0.1) is 6.92 Å². The number of nitrogens with one attached hydrogen (secondary N) is 1. The molecule has 1 aromatic carbocycles. The Morgan fingerprint density at radius 3 is 2.83 bits per heavy atom. The maximum absolute atomic E-state index is 5.72. The van der Waals surface area contributed by atoms with Gasteiger partial charge in [0, 0.05) is 24.0 Å². The van der Waals surface area contributed by atoms with Crippen LogP contribution in [-0.4, -0.2) is 15.0 Å². The van der Waals surface area contributed by atoms with E-state index in [-0.39, 0.29) is 0 Å². The fraction of sp³-hybridized carbons (Fsp3) is 0.143. The summed E-state index contributed by atoms with van der Waals surface area (Å²) in [5, 5.41) is 0. The number of nitrogens with two attached hydrogens (primary N) is 1. The van der Waals surface area contributed by atoms with Crippen LogP contribution in [0.15, 0.2) is 36.5 Å². The van der Waals surface area contributed by atoms with Crippen LogP contribution in [0.4, 0.5) is 0 Å². The molecule has 3 aromatic rings. The Morgan fingerprint density at radius 2 is 2.11 bits per heavy atom. The van der Waals surface area contributed by atoms with Crippen LogP contribution in [0.1, 0.15) is 11.3 Å². The van der Waals surface area contributed by atoms with Crippen LogP contribution >= 0.6 is 0 Å². The summed E-state index contributed by atoms with van der Waals surface area (Å²) in [6.07, 6.45) is 1.83. The molecule has 0 aliphatic heterocycles. The molecule has 0 saturated carbocycles. The number of hydrogen-bond acceptors (Lipinski definition) is 3. The number of para-hydroxylation sites is 1. The van der Waals surface area contributed by atoms with Crippen molar-refractivity contribution in [1.29, 1.82) is 0 Å². The van der Waals surface area contributed by atoms with Crippen molar-refractivity contribution in [2.45, 2.75) is 13.5 Å². The van der Waals surface area contributed by atoms with Crippen LogP contribution in [0.25, 0.3) is 22.4 Å². The van der Waals surface area contributed by atoms with Gasteiger partial charge in [0.2, 0.25) is 0 Å². The average molecular weight is 238 g/mol. The quantitative estimate of drug-likeness (QED) is 0.720. The Bertz CT molecular complexity index is 683. The minimum atomic E-state index is 0.494. The molecule has 0 atom stereocenters. The second-order valence-electron chi connectivity index (χ2n) is 4.29. The van der Waals surface area contributed by atoms with Crippen LogP contribution in [0.5, 0.6) is 0 Å². The van der Waals surface area contributed by atoms with Gasteiger partial charge >= 0.3 is 0 Å². The van der Waals surface area contributed by atoms with Crippen molar-refractivity contribution in [2.24, 2.45) is 5.73 Å². The number of hydrogen-bond donors (Lipinski definition) is 2. The van der Waals surface area contributed by atoms with Crippen LogP contribution in [-0.2, 0) is 6.54 Å². The highest BCUT2D eigenvalue weighted by Crippen LogP contribution is 2.22. The van der Waals surface area contributed by atoms with Gasteiger partial charge in [-0.15, -0.1) is 0 Å². The lowest BCUT2D eigenvalue weighted by atomic mass is 10.2. The summed E-state index contributed by atoms with van der Waals surface area (Å²) in [5.41, 5.74) is 10.7. The fourth-order valence-corrected chi connectivity index (χ4v) is 2.00. The molecule has 90 valence electrons. The third-order valence-corrected chi connectivity index (χ3v) is 3.00. The number of imidazole rings is 1. The summed E-state index contributed by atoms with van der Waals surface area (Å²) in [6, 6.07) is 9.99. The third kappa shape index (κ3) is 1.76. The molecule has 0 aliphatic carbocycles. The van der Waals surface area contributed by atoms with Crippen molar-refractivity contribution in [3.05, 3.63) is 47.8 Å². The van der Waals surface area contributed by atoms with Crippen molar-refractivity contribution in [3.63, 3.8) is 0 Å². The van der Waals surface area contributed by atoms with E-state index in [1.807, 2.05) is 43.5 Å². The van der Waals surface area contributed by atoms with E-state index in [0.29, 0.717) is 6.54 Å². The summed E-state index contributed by atoms with van der Waals surface area (Å²) in [4.78, 5) is 12.2. The molecule has 0 amide bonds. The molecular formula is C14H14N4. The maximum Gasteiger partial charge on any atom is 0.140 e. The number of H-pyrrole nitrogens is 1. The predicted molar refractivity (Wildman–Crippen MR) is 72.0 cm³/mol. The first-order valence-electron chi connectivity index (χ1n) is 5.88. The molecule has 3 rings (SSSR count). The van der Waals surface area contributed by atoms with E-state index in [0.717, 1.165) is 33.7 Å². The molecule has 2 aromatic heterocycles. The first-order chi connectivity index (χ1) is 8.78. The number of aromatic nitrogens is 3.